The van der Waals surface area contributed by atoms with E-state index in [-0.39, 0.29) is 0 Å². The Hall–Kier alpha value is -1.09. The van der Waals surface area contributed by atoms with Gasteiger partial charge in [0.05, 0.1) is 0 Å². The summed E-state index contributed by atoms with van der Waals surface area (Å²) in [7, 11) is 2.02. The van der Waals surface area contributed by atoms with Crippen LogP contribution in [-0.4, -0.2) is 9.78 Å². The topological polar surface area (TPSA) is 17.8 Å². The highest BCUT2D eigenvalue weighted by atomic mass is 79.9. The monoisotopic (exact) mass is 304 g/mol. The molecule has 94 valence electrons. The number of aromatic nitrogens is 2. The molecule has 3 heteroatoms. The predicted octanol–water partition coefficient (Wildman–Crippen LogP) is 3.66. The van der Waals surface area contributed by atoms with Crippen LogP contribution in [0.5, 0.6) is 0 Å². The third kappa shape index (κ3) is 2.12. The van der Waals surface area contributed by atoms with Crippen LogP contribution < -0.4 is 0 Å². The molecule has 2 unspecified atom stereocenters. The zero-order chi connectivity index (χ0) is 12.5. The molecule has 0 spiro atoms. The lowest BCUT2D eigenvalue weighted by Gasteiger charge is -2.14. The third-order valence-corrected chi connectivity index (χ3v) is 5.18. The van der Waals surface area contributed by atoms with Crippen molar-refractivity contribution in [1.82, 2.24) is 9.78 Å². The van der Waals surface area contributed by atoms with E-state index < -0.39 is 0 Å². The molecule has 1 aliphatic rings. The first-order chi connectivity index (χ1) is 8.75. The van der Waals surface area contributed by atoms with Crippen molar-refractivity contribution in [2.24, 2.45) is 13.0 Å². The van der Waals surface area contributed by atoms with Gasteiger partial charge in [-0.15, -0.1) is 0 Å². The molecule has 1 aliphatic carbocycles. The van der Waals surface area contributed by atoms with Crippen LogP contribution in [0.25, 0.3) is 0 Å². The second kappa shape index (κ2) is 4.88. The Kier molecular flexibility index (Phi) is 3.25. The highest BCUT2D eigenvalue weighted by Gasteiger charge is 2.29. The lowest BCUT2D eigenvalue weighted by Crippen LogP contribution is -2.06. The molecule has 1 heterocycles. The number of fused-ring (bicyclic) bond motifs is 1. The Labute approximate surface area is 116 Å². The number of hydrogen-bond donors (Lipinski definition) is 0. The molecule has 2 atom stereocenters. The van der Waals surface area contributed by atoms with Gasteiger partial charge in [-0.25, -0.2) is 0 Å². The first kappa shape index (κ1) is 12.0. The number of halogens is 1. The molecule has 0 fully saturated rings. The number of benzene rings is 1. The minimum Gasteiger partial charge on any atom is -0.273 e. The molecule has 0 radical (unpaired) electrons. The van der Waals surface area contributed by atoms with Crippen molar-refractivity contribution in [2.45, 2.75) is 24.1 Å². The van der Waals surface area contributed by atoms with E-state index in [1.807, 2.05) is 17.9 Å². The maximum absolute atomic E-state index is 4.23. The number of nitrogens with zero attached hydrogens (tertiary/aromatic N) is 2. The molecule has 2 aromatic rings. The Morgan fingerprint density at radius 3 is 2.89 bits per heavy atom. The third-order valence-electron chi connectivity index (χ3n) is 3.94. The predicted molar refractivity (Wildman–Crippen MR) is 76.8 cm³/mol. The minimum absolute atomic E-state index is 0.516. The highest BCUT2D eigenvalue weighted by Crippen LogP contribution is 2.43. The van der Waals surface area contributed by atoms with Gasteiger partial charge in [0, 0.05) is 23.8 Å². The van der Waals surface area contributed by atoms with Crippen molar-refractivity contribution in [2.75, 3.05) is 0 Å². The van der Waals surface area contributed by atoms with Gasteiger partial charge >= 0.3 is 0 Å². The van der Waals surface area contributed by atoms with Gasteiger partial charge in [-0.3, -0.25) is 4.68 Å². The van der Waals surface area contributed by atoms with Crippen molar-refractivity contribution >= 4 is 15.9 Å². The van der Waals surface area contributed by atoms with Crippen molar-refractivity contribution in [3.05, 3.63) is 53.3 Å². The van der Waals surface area contributed by atoms with Gasteiger partial charge in [0.15, 0.2) is 0 Å². The molecule has 0 saturated carbocycles. The van der Waals surface area contributed by atoms with E-state index in [9.17, 15) is 0 Å². The van der Waals surface area contributed by atoms with E-state index in [0.29, 0.717) is 10.7 Å². The van der Waals surface area contributed by atoms with Gasteiger partial charge in [0.1, 0.15) is 0 Å². The summed E-state index contributed by atoms with van der Waals surface area (Å²) in [6.45, 7) is 0. The van der Waals surface area contributed by atoms with Gasteiger partial charge in [-0.2, -0.15) is 5.10 Å². The van der Waals surface area contributed by atoms with E-state index >= 15 is 0 Å². The molecular weight excluding hydrogens is 288 g/mol. The molecule has 0 saturated heterocycles. The second-order valence-electron chi connectivity index (χ2n) is 5.05. The zero-order valence-electron chi connectivity index (χ0n) is 10.5. The first-order valence-corrected chi connectivity index (χ1v) is 7.36. The number of hydrogen-bond acceptors (Lipinski definition) is 1. The highest BCUT2D eigenvalue weighted by molar-refractivity contribution is 9.09. The largest absolute Gasteiger partial charge is 0.273 e. The van der Waals surface area contributed by atoms with E-state index in [2.05, 4.69) is 51.4 Å². The second-order valence-corrected chi connectivity index (χ2v) is 6.04. The Morgan fingerprint density at radius 1 is 1.33 bits per heavy atom. The van der Waals surface area contributed by atoms with Gasteiger partial charge in [-0.05, 0) is 42.4 Å². The standard InChI is InChI=1S/C15H17BrN2/c1-18-13(8-9-17-18)7-6-12-10-11-4-2-3-5-14(11)15(12)16/h2-5,8-9,12,15H,6-7,10H2,1H3. The van der Waals surface area contributed by atoms with Crippen LogP contribution in [0.4, 0.5) is 0 Å². The lowest BCUT2D eigenvalue weighted by molar-refractivity contribution is 0.500. The van der Waals surface area contributed by atoms with Crippen LogP contribution in [0.2, 0.25) is 0 Å². The van der Waals surface area contributed by atoms with Crippen molar-refractivity contribution in [1.29, 1.82) is 0 Å². The summed E-state index contributed by atoms with van der Waals surface area (Å²) in [5, 5.41) is 4.23. The van der Waals surface area contributed by atoms with Crippen molar-refractivity contribution < 1.29 is 0 Å². The summed E-state index contributed by atoms with van der Waals surface area (Å²) >= 11 is 3.86. The molecule has 0 N–H and O–H groups in total. The van der Waals surface area contributed by atoms with Crippen molar-refractivity contribution in [3.63, 3.8) is 0 Å². The molecule has 18 heavy (non-hydrogen) atoms. The van der Waals surface area contributed by atoms with Gasteiger partial charge in [0.25, 0.3) is 0 Å². The Bertz CT molecular complexity index is 547. The maximum atomic E-state index is 4.23. The summed E-state index contributed by atoms with van der Waals surface area (Å²) in [4.78, 5) is 0.516. The molecule has 1 aromatic heterocycles. The van der Waals surface area contributed by atoms with E-state index in [1.165, 1.54) is 29.7 Å². The van der Waals surface area contributed by atoms with Gasteiger partial charge < -0.3 is 0 Å². The summed E-state index contributed by atoms with van der Waals surface area (Å²) < 4.78 is 1.98. The summed E-state index contributed by atoms with van der Waals surface area (Å²) in [5.41, 5.74) is 4.31. The van der Waals surface area contributed by atoms with Crippen LogP contribution in [-0.2, 0) is 19.9 Å². The minimum atomic E-state index is 0.516. The average Bonchev–Trinajstić information content (AvgIpc) is 2.92. The fourth-order valence-corrected chi connectivity index (χ4v) is 3.76. The first-order valence-electron chi connectivity index (χ1n) is 6.44. The quantitative estimate of drug-likeness (QED) is 0.791. The van der Waals surface area contributed by atoms with Crippen LogP contribution in [0.1, 0.15) is 28.1 Å². The van der Waals surface area contributed by atoms with Crippen LogP contribution in [0.3, 0.4) is 0 Å². The Morgan fingerprint density at radius 2 is 2.17 bits per heavy atom. The summed E-state index contributed by atoms with van der Waals surface area (Å²) in [6.07, 6.45) is 5.40. The van der Waals surface area contributed by atoms with Crippen molar-refractivity contribution in [3.8, 4) is 0 Å². The van der Waals surface area contributed by atoms with Crippen LogP contribution in [0.15, 0.2) is 36.5 Å². The lowest BCUT2D eigenvalue weighted by atomic mass is 9.99. The number of rotatable bonds is 3. The number of alkyl halides is 1. The molecule has 1 aromatic carbocycles. The fourth-order valence-electron chi connectivity index (χ4n) is 2.86. The van der Waals surface area contributed by atoms with Gasteiger partial charge in [0.2, 0.25) is 0 Å². The molecular formula is C15H17BrN2. The number of aryl methyl sites for hydroxylation is 2. The van der Waals surface area contributed by atoms with E-state index in [1.54, 1.807) is 0 Å². The maximum Gasteiger partial charge on any atom is 0.0492 e. The average molecular weight is 305 g/mol. The molecule has 0 bridgehead atoms. The fraction of sp³-hybridized carbons (Fsp3) is 0.400. The molecule has 0 aliphatic heterocycles. The van der Waals surface area contributed by atoms with E-state index in [4.69, 9.17) is 0 Å². The SMILES string of the molecule is Cn1nccc1CCC1Cc2ccccc2C1Br. The zero-order valence-corrected chi connectivity index (χ0v) is 12.1. The van der Waals surface area contributed by atoms with E-state index in [0.717, 1.165) is 6.42 Å². The summed E-state index contributed by atoms with van der Waals surface area (Å²) in [5.74, 6) is 0.706. The smallest absolute Gasteiger partial charge is 0.0492 e. The van der Waals surface area contributed by atoms with Gasteiger partial charge in [-0.1, -0.05) is 40.2 Å². The summed E-state index contributed by atoms with van der Waals surface area (Å²) in [6, 6.07) is 10.9. The molecule has 0 amide bonds. The molecule has 3 rings (SSSR count). The van der Waals surface area contributed by atoms with Crippen LogP contribution >= 0.6 is 15.9 Å². The van der Waals surface area contributed by atoms with Crippen LogP contribution in [0, 0.1) is 5.92 Å². The normalized spacial score (nSPS) is 22.1. The molecule has 2 nitrogen and oxygen atoms in total. The Balaban J connectivity index is 1.68.